The van der Waals surface area contributed by atoms with Gasteiger partial charge >= 0.3 is 0 Å². The summed E-state index contributed by atoms with van der Waals surface area (Å²) in [5.41, 5.74) is 3.01. The van der Waals surface area contributed by atoms with Gasteiger partial charge in [0.1, 0.15) is 5.75 Å². The fraction of sp³-hybridized carbons (Fsp3) is 0.286. The summed E-state index contributed by atoms with van der Waals surface area (Å²) in [6, 6.07) is 13.8. The maximum Gasteiger partial charge on any atom is 0.224 e. The molecule has 1 saturated heterocycles. The van der Waals surface area contributed by atoms with Gasteiger partial charge in [0, 0.05) is 41.3 Å². The maximum atomic E-state index is 12.5. The van der Waals surface area contributed by atoms with Gasteiger partial charge in [0.25, 0.3) is 0 Å². The van der Waals surface area contributed by atoms with Crippen LogP contribution in [0, 0.1) is 0 Å². The zero-order chi connectivity index (χ0) is 18.8. The average molecular weight is 384 g/mol. The van der Waals surface area contributed by atoms with Crippen molar-refractivity contribution in [3.8, 4) is 5.75 Å². The molecule has 1 atom stereocenters. The Hall–Kier alpha value is -2.66. The van der Waals surface area contributed by atoms with E-state index in [1.54, 1.807) is 7.11 Å². The predicted molar refractivity (Wildman–Crippen MR) is 109 cm³/mol. The number of amides is 1. The molecule has 1 aliphatic heterocycles. The third-order valence-corrected chi connectivity index (χ3v) is 5.29. The molecule has 1 aromatic heterocycles. The molecule has 2 heterocycles. The van der Waals surface area contributed by atoms with Crippen molar-refractivity contribution in [2.45, 2.75) is 18.9 Å². The van der Waals surface area contributed by atoms with Gasteiger partial charge in [-0.3, -0.25) is 4.79 Å². The number of anilines is 1. The van der Waals surface area contributed by atoms with Gasteiger partial charge in [-0.2, -0.15) is 0 Å². The van der Waals surface area contributed by atoms with Gasteiger partial charge in [0.05, 0.1) is 19.2 Å². The second kappa shape index (κ2) is 7.53. The van der Waals surface area contributed by atoms with Crippen LogP contribution in [0.1, 0.15) is 12.0 Å². The standard InChI is InChI=1S/C21H22ClN3O2/c1-27-20-5-3-2-4-19(20)25-9-8-16(13-25)24-21(26)10-14-12-23-18-11-15(22)6-7-17(14)18/h2-7,11-12,16,23H,8-10,13H2,1H3,(H,24,26). The zero-order valence-electron chi connectivity index (χ0n) is 15.2. The lowest BCUT2D eigenvalue weighted by molar-refractivity contribution is -0.121. The number of hydrogen-bond acceptors (Lipinski definition) is 3. The molecule has 0 bridgehead atoms. The van der Waals surface area contributed by atoms with Crippen molar-refractivity contribution in [1.29, 1.82) is 0 Å². The fourth-order valence-corrected chi connectivity index (χ4v) is 3.92. The van der Waals surface area contributed by atoms with Crippen LogP contribution >= 0.6 is 11.6 Å². The Morgan fingerprint density at radius 2 is 2.19 bits per heavy atom. The van der Waals surface area contributed by atoms with Gasteiger partial charge in [-0.25, -0.2) is 0 Å². The predicted octanol–water partition coefficient (Wildman–Crippen LogP) is 3.77. The highest BCUT2D eigenvalue weighted by molar-refractivity contribution is 6.31. The summed E-state index contributed by atoms with van der Waals surface area (Å²) < 4.78 is 5.45. The van der Waals surface area contributed by atoms with E-state index in [9.17, 15) is 4.79 Å². The monoisotopic (exact) mass is 383 g/mol. The zero-order valence-corrected chi connectivity index (χ0v) is 15.9. The molecule has 1 aliphatic rings. The van der Waals surface area contributed by atoms with Gasteiger partial charge < -0.3 is 19.9 Å². The molecule has 27 heavy (non-hydrogen) atoms. The van der Waals surface area contributed by atoms with Crippen LogP contribution < -0.4 is 15.0 Å². The summed E-state index contributed by atoms with van der Waals surface area (Å²) in [7, 11) is 1.68. The van der Waals surface area contributed by atoms with Crippen LogP contribution in [-0.2, 0) is 11.2 Å². The largest absolute Gasteiger partial charge is 0.495 e. The fourth-order valence-electron chi connectivity index (χ4n) is 3.74. The number of benzene rings is 2. The van der Waals surface area contributed by atoms with Gasteiger partial charge in [0.2, 0.25) is 5.91 Å². The highest BCUT2D eigenvalue weighted by Gasteiger charge is 2.25. The lowest BCUT2D eigenvalue weighted by Gasteiger charge is -2.21. The lowest BCUT2D eigenvalue weighted by Crippen LogP contribution is -2.38. The van der Waals surface area contributed by atoms with E-state index in [0.29, 0.717) is 11.4 Å². The van der Waals surface area contributed by atoms with E-state index in [2.05, 4.69) is 21.3 Å². The minimum atomic E-state index is 0.0396. The number of halogens is 1. The van der Waals surface area contributed by atoms with E-state index in [1.807, 2.05) is 42.6 Å². The Kier molecular flexibility index (Phi) is 4.94. The summed E-state index contributed by atoms with van der Waals surface area (Å²) in [5.74, 6) is 0.902. The van der Waals surface area contributed by atoms with Crippen molar-refractivity contribution in [2.75, 3.05) is 25.1 Å². The second-order valence-electron chi connectivity index (χ2n) is 6.85. The van der Waals surface area contributed by atoms with Crippen molar-refractivity contribution in [3.05, 3.63) is 59.2 Å². The Labute approximate surface area is 163 Å². The number of hydrogen-bond donors (Lipinski definition) is 2. The van der Waals surface area contributed by atoms with Gasteiger partial charge in [-0.1, -0.05) is 29.8 Å². The van der Waals surface area contributed by atoms with E-state index in [4.69, 9.17) is 16.3 Å². The minimum Gasteiger partial charge on any atom is -0.495 e. The Morgan fingerprint density at radius 1 is 1.33 bits per heavy atom. The molecular weight excluding hydrogens is 362 g/mol. The Morgan fingerprint density at radius 3 is 3.04 bits per heavy atom. The normalized spacial score (nSPS) is 16.7. The first kappa shape index (κ1) is 17.7. The maximum absolute atomic E-state index is 12.5. The Bertz CT molecular complexity index is 969. The first-order valence-electron chi connectivity index (χ1n) is 9.07. The summed E-state index contributed by atoms with van der Waals surface area (Å²) >= 11 is 6.02. The minimum absolute atomic E-state index is 0.0396. The first-order chi connectivity index (χ1) is 13.1. The third-order valence-electron chi connectivity index (χ3n) is 5.06. The summed E-state index contributed by atoms with van der Waals surface area (Å²) in [4.78, 5) is 18.0. The molecule has 1 fully saturated rings. The number of nitrogens with zero attached hydrogens (tertiary/aromatic N) is 1. The number of aromatic nitrogens is 1. The first-order valence-corrected chi connectivity index (χ1v) is 9.44. The lowest BCUT2D eigenvalue weighted by atomic mass is 10.1. The van der Waals surface area contributed by atoms with E-state index >= 15 is 0 Å². The molecule has 0 aliphatic carbocycles. The average Bonchev–Trinajstić information content (AvgIpc) is 3.28. The molecule has 1 unspecified atom stereocenters. The van der Waals surface area contributed by atoms with Crippen LogP contribution in [0.25, 0.3) is 10.9 Å². The number of methoxy groups -OCH3 is 1. The second-order valence-corrected chi connectivity index (χ2v) is 7.29. The number of nitrogens with one attached hydrogen (secondary N) is 2. The summed E-state index contributed by atoms with van der Waals surface area (Å²) in [5, 5.41) is 4.89. The van der Waals surface area contributed by atoms with Crippen LogP contribution in [-0.4, -0.2) is 37.1 Å². The summed E-state index contributed by atoms with van der Waals surface area (Å²) in [6.07, 6.45) is 3.16. The quantitative estimate of drug-likeness (QED) is 0.705. The Balaban J connectivity index is 1.39. The van der Waals surface area contributed by atoms with Crippen molar-refractivity contribution < 1.29 is 9.53 Å². The molecule has 0 saturated carbocycles. The van der Waals surface area contributed by atoms with Gasteiger partial charge in [-0.15, -0.1) is 0 Å². The van der Waals surface area contributed by atoms with Crippen LogP contribution in [0.4, 0.5) is 5.69 Å². The smallest absolute Gasteiger partial charge is 0.224 e. The highest BCUT2D eigenvalue weighted by Crippen LogP contribution is 2.30. The topological polar surface area (TPSA) is 57.4 Å². The SMILES string of the molecule is COc1ccccc1N1CCC(NC(=O)Cc2c[nH]c3cc(Cl)ccc23)C1. The number of para-hydroxylation sites is 2. The van der Waals surface area contributed by atoms with Crippen molar-refractivity contribution >= 4 is 34.1 Å². The third kappa shape index (κ3) is 3.74. The number of ether oxygens (including phenoxy) is 1. The number of H-pyrrole nitrogens is 1. The molecule has 140 valence electrons. The van der Waals surface area contributed by atoms with Crippen LogP contribution in [0.5, 0.6) is 5.75 Å². The van der Waals surface area contributed by atoms with Gasteiger partial charge in [-0.05, 0) is 36.2 Å². The van der Waals surface area contributed by atoms with E-state index in [0.717, 1.165) is 47.4 Å². The van der Waals surface area contributed by atoms with Crippen LogP contribution in [0.2, 0.25) is 5.02 Å². The van der Waals surface area contributed by atoms with Crippen molar-refractivity contribution in [3.63, 3.8) is 0 Å². The number of fused-ring (bicyclic) bond motifs is 1. The molecule has 1 amide bonds. The highest BCUT2D eigenvalue weighted by atomic mass is 35.5. The molecule has 0 radical (unpaired) electrons. The molecule has 2 N–H and O–H groups in total. The van der Waals surface area contributed by atoms with Crippen molar-refractivity contribution in [2.24, 2.45) is 0 Å². The molecular formula is C21H22ClN3O2. The van der Waals surface area contributed by atoms with Gasteiger partial charge in [0.15, 0.2) is 0 Å². The van der Waals surface area contributed by atoms with Crippen LogP contribution in [0.15, 0.2) is 48.7 Å². The molecule has 2 aromatic carbocycles. The molecule has 0 spiro atoms. The number of carbonyl (C=O) groups is 1. The number of aromatic amines is 1. The summed E-state index contributed by atoms with van der Waals surface area (Å²) in [6.45, 7) is 1.69. The number of carbonyl (C=O) groups excluding carboxylic acids is 1. The number of rotatable bonds is 5. The molecule has 6 heteroatoms. The molecule has 5 nitrogen and oxygen atoms in total. The van der Waals surface area contributed by atoms with Crippen LogP contribution in [0.3, 0.4) is 0 Å². The van der Waals surface area contributed by atoms with E-state index < -0.39 is 0 Å². The van der Waals surface area contributed by atoms with E-state index in [-0.39, 0.29) is 11.9 Å². The van der Waals surface area contributed by atoms with E-state index in [1.165, 1.54) is 0 Å². The van der Waals surface area contributed by atoms with Crippen molar-refractivity contribution in [1.82, 2.24) is 10.3 Å². The molecule has 4 rings (SSSR count). The molecule has 3 aromatic rings.